The summed E-state index contributed by atoms with van der Waals surface area (Å²) < 4.78 is 0. The van der Waals surface area contributed by atoms with Gasteiger partial charge < -0.3 is 5.73 Å². The molecule has 0 fully saturated rings. The Balaban J connectivity index is 1.99. The van der Waals surface area contributed by atoms with Gasteiger partial charge in [-0.1, -0.05) is 98.8 Å². The molecule has 0 saturated heterocycles. The van der Waals surface area contributed by atoms with Crippen molar-refractivity contribution in [1.82, 2.24) is 0 Å². The van der Waals surface area contributed by atoms with Gasteiger partial charge in [-0.3, -0.25) is 0 Å². The third-order valence-corrected chi connectivity index (χ3v) is 5.05. The highest BCUT2D eigenvalue weighted by Gasteiger charge is 2.31. The van der Waals surface area contributed by atoms with E-state index in [0.29, 0.717) is 12.5 Å². The lowest BCUT2D eigenvalue weighted by Crippen LogP contribution is -2.26. The van der Waals surface area contributed by atoms with Crippen LogP contribution in [-0.4, -0.2) is 6.54 Å². The fourth-order valence-corrected chi connectivity index (χ4v) is 3.76. The quantitative estimate of drug-likeness (QED) is 0.602. The lowest BCUT2D eigenvalue weighted by molar-refractivity contribution is 0.296. The summed E-state index contributed by atoms with van der Waals surface area (Å²) >= 11 is 0. The Kier molecular flexibility index (Phi) is 5.35. The Labute approximate surface area is 151 Å². The van der Waals surface area contributed by atoms with Gasteiger partial charge in [0.1, 0.15) is 0 Å². The molecular weight excluding hydrogens is 302 g/mol. The molecule has 0 aliphatic rings. The molecule has 0 radical (unpaired) electrons. The van der Waals surface area contributed by atoms with Crippen LogP contribution in [-0.2, 0) is 0 Å². The Bertz CT molecular complexity index is 773. The highest BCUT2D eigenvalue weighted by Crippen LogP contribution is 2.43. The number of rotatable bonds is 6. The Hall–Kier alpha value is -2.38. The van der Waals surface area contributed by atoms with Crippen molar-refractivity contribution in [3.05, 3.63) is 96.1 Å². The van der Waals surface area contributed by atoms with E-state index in [9.17, 15) is 0 Å². The third-order valence-electron chi connectivity index (χ3n) is 5.05. The molecule has 0 aromatic heterocycles. The molecule has 0 aliphatic heterocycles. The first-order valence-electron chi connectivity index (χ1n) is 9.02. The van der Waals surface area contributed by atoms with Gasteiger partial charge in [0.25, 0.3) is 0 Å². The van der Waals surface area contributed by atoms with Gasteiger partial charge in [0, 0.05) is 5.92 Å². The van der Waals surface area contributed by atoms with Crippen LogP contribution in [0.1, 0.15) is 37.3 Å². The minimum atomic E-state index is 0.102. The number of hydrogen-bond donors (Lipinski definition) is 1. The second-order valence-corrected chi connectivity index (χ2v) is 7.36. The van der Waals surface area contributed by atoms with E-state index in [2.05, 4.69) is 98.8 Å². The first kappa shape index (κ1) is 17.4. The maximum absolute atomic E-state index is 5.91. The van der Waals surface area contributed by atoms with E-state index in [0.717, 1.165) is 6.42 Å². The summed E-state index contributed by atoms with van der Waals surface area (Å²) in [6.07, 6.45) is 0.993. The van der Waals surface area contributed by atoms with E-state index in [4.69, 9.17) is 5.73 Å². The van der Waals surface area contributed by atoms with Gasteiger partial charge in [-0.2, -0.15) is 0 Å². The third kappa shape index (κ3) is 4.00. The van der Waals surface area contributed by atoms with Crippen molar-refractivity contribution in [2.24, 2.45) is 11.1 Å². The van der Waals surface area contributed by atoms with Crippen molar-refractivity contribution in [3.8, 4) is 11.1 Å². The van der Waals surface area contributed by atoms with Crippen LogP contribution in [0.15, 0.2) is 84.9 Å². The molecule has 25 heavy (non-hydrogen) atoms. The molecule has 1 heteroatoms. The highest BCUT2D eigenvalue weighted by molar-refractivity contribution is 5.63. The topological polar surface area (TPSA) is 26.0 Å². The van der Waals surface area contributed by atoms with Crippen molar-refractivity contribution in [1.29, 1.82) is 0 Å². The summed E-state index contributed by atoms with van der Waals surface area (Å²) in [5.41, 5.74) is 11.2. The monoisotopic (exact) mass is 329 g/mol. The molecule has 2 N–H and O–H groups in total. The standard InChI is InChI=1S/C24H27N/c1-24(2,17-18-25)23(21-11-7-4-8-12-21)22-15-13-20(14-16-22)19-9-5-3-6-10-19/h3-16,23H,17-18,25H2,1-2H3. The van der Waals surface area contributed by atoms with E-state index in [-0.39, 0.29) is 5.41 Å². The molecule has 128 valence electrons. The summed E-state index contributed by atoms with van der Waals surface area (Å²) in [5.74, 6) is 0.335. The normalized spacial score (nSPS) is 12.8. The molecular formula is C24H27N. The van der Waals surface area contributed by atoms with Crippen LogP contribution in [0.2, 0.25) is 0 Å². The summed E-state index contributed by atoms with van der Waals surface area (Å²) in [4.78, 5) is 0. The predicted octanol–water partition coefficient (Wildman–Crippen LogP) is 5.86. The molecule has 0 saturated carbocycles. The summed E-state index contributed by atoms with van der Waals surface area (Å²) in [6.45, 7) is 5.35. The van der Waals surface area contributed by atoms with E-state index in [1.807, 2.05) is 0 Å². The van der Waals surface area contributed by atoms with Crippen molar-refractivity contribution < 1.29 is 0 Å². The Morgan fingerprint density at radius 2 is 1.16 bits per heavy atom. The number of nitrogens with two attached hydrogens (primary N) is 1. The molecule has 3 aromatic carbocycles. The number of benzene rings is 3. The first-order valence-corrected chi connectivity index (χ1v) is 9.02. The lowest BCUT2D eigenvalue weighted by atomic mass is 9.69. The molecule has 1 atom stereocenters. The maximum atomic E-state index is 5.91. The largest absolute Gasteiger partial charge is 0.330 e. The Morgan fingerprint density at radius 1 is 0.680 bits per heavy atom. The highest BCUT2D eigenvalue weighted by atomic mass is 14.5. The van der Waals surface area contributed by atoms with Gasteiger partial charge in [0.15, 0.2) is 0 Å². The van der Waals surface area contributed by atoms with E-state index in [1.54, 1.807) is 0 Å². The zero-order valence-corrected chi connectivity index (χ0v) is 15.2. The average molecular weight is 329 g/mol. The van der Waals surface area contributed by atoms with Gasteiger partial charge in [-0.05, 0) is 40.6 Å². The van der Waals surface area contributed by atoms with Gasteiger partial charge >= 0.3 is 0 Å². The van der Waals surface area contributed by atoms with Gasteiger partial charge in [0.2, 0.25) is 0 Å². The molecule has 0 bridgehead atoms. The zero-order chi connectivity index (χ0) is 17.7. The molecule has 1 unspecified atom stereocenters. The second-order valence-electron chi connectivity index (χ2n) is 7.36. The smallest absolute Gasteiger partial charge is 0.0141 e. The van der Waals surface area contributed by atoms with Crippen LogP contribution >= 0.6 is 0 Å². The average Bonchev–Trinajstić information content (AvgIpc) is 2.64. The van der Waals surface area contributed by atoms with E-state index in [1.165, 1.54) is 22.3 Å². The van der Waals surface area contributed by atoms with Crippen LogP contribution in [0.25, 0.3) is 11.1 Å². The SMILES string of the molecule is CC(C)(CCN)C(c1ccccc1)c1ccc(-c2ccccc2)cc1. The van der Waals surface area contributed by atoms with Crippen molar-refractivity contribution >= 4 is 0 Å². The number of hydrogen-bond acceptors (Lipinski definition) is 1. The molecule has 3 aromatic rings. The first-order chi connectivity index (χ1) is 12.1. The van der Waals surface area contributed by atoms with Crippen LogP contribution < -0.4 is 5.73 Å². The second kappa shape index (κ2) is 7.67. The molecule has 0 heterocycles. The summed E-state index contributed by atoms with van der Waals surface area (Å²) in [5, 5.41) is 0. The van der Waals surface area contributed by atoms with E-state index < -0.39 is 0 Å². The van der Waals surface area contributed by atoms with Gasteiger partial charge in [-0.15, -0.1) is 0 Å². The van der Waals surface area contributed by atoms with Crippen LogP contribution in [0.5, 0.6) is 0 Å². The zero-order valence-electron chi connectivity index (χ0n) is 15.2. The summed E-state index contributed by atoms with van der Waals surface area (Å²) in [7, 11) is 0. The molecule has 0 spiro atoms. The minimum absolute atomic E-state index is 0.102. The predicted molar refractivity (Wildman–Crippen MR) is 108 cm³/mol. The van der Waals surface area contributed by atoms with E-state index >= 15 is 0 Å². The maximum Gasteiger partial charge on any atom is 0.0141 e. The molecule has 0 aliphatic carbocycles. The van der Waals surface area contributed by atoms with Crippen molar-refractivity contribution in [3.63, 3.8) is 0 Å². The molecule has 3 rings (SSSR count). The molecule has 1 nitrogen and oxygen atoms in total. The Morgan fingerprint density at radius 3 is 1.72 bits per heavy atom. The van der Waals surface area contributed by atoms with Gasteiger partial charge in [0.05, 0.1) is 0 Å². The molecule has 0 amide bonds. The summed E-state index contributed by atoms with van der Waals surface area (Å²) in [6, 6.07) is 30.3. The van der Waals surface area contributed by atoms with Crippen LogP contribution in [0.4, 0.5) is 0 Å². The fourth-order valence-electron chi connectivity index (χ4n) is 3.76. The van der Waals surface area contributed by atoms with Crippen molar-refractivity contribution in [2.45, 2.75) is 26.2 Å². The van der Waals surface area contributed by atoms with Gasteiger partial charge in [-0.25, -0.2) is 0 Å². The van der Waals surface area contributed by atoms with Crippen LogP contribution in [0, 0.1) is 5.41 Å². The minimum Gasteiger partial charge on any atom is -0.330 e. The van der Waals surface area contributed by atoms with Crippen molar-refractivity contribution in [2.75, 3.05) is 6.54 Å². The lowest BCUT2D eigenvalue weighted by Gasteiger charge is -2.35. The fraction of sp³-hybridized carbons (Fsp3) is 0.250. The van der Waals surface area contributed by atoms with Crippen LogP contribution in [0.3, 0.4) is 0 Å².